The van der Waals surface area contributed by atoms with E-state index in [1.54, 1.807) is 24.3 Å². The monoisotopic (exact) mass is 498 g/mol. The van der Waals surface area contributed by atoms with Crippen LogP contribution in [0, 0.1) is 19.7 Å². The molecule has 1 saturated heterocycles. The number of benzene rings is 3. The van der Waals surface area contributed by atoms with Gasteiger partial charge in [0, 0.05) is 11.3 Å². The Bertz CT molecular complexity index is 1490. The average Bonchev–Trinajstić information content (AvgIpc) is 3.15. The molecule has 2 heterocycles. The van der Waals surface area contributed by atoms with Gasteiger partial charge in [0.15, 0.2) is 9.84 Å². The number of hydrogen-bond acceptors (Lipinski definition) is 4. The van der Waals surface area contributed by atoms with E-state index < -0.39 is 38.1 Å². The zero-order valence-electron chi connectivity index (χ0n) is 18.4. The first-order valence-corrected chi connectivity index (χ1v) is 12.6. The molecule has 3 aromatic carbocycles. The van der Waals surface area contributed by atoms with Gasteiger partial charge in [-0.25, -0.2) is 12.8 Å². The third-order valence-corrected chi connectivity index (χ3v) is 8.81. The Hall–Kier alpha value is -3.23. The molecule has 2 aliphatic rings. The summed E-state index contributed by atoms with van der Waals surface area (Å²) in [4.78, 5) is 27.3. The van der Waals surface area contributed by atoms with E-state index in [1.807, 2.05) is 32.0 Å². The van der Waals surface area contributed by atoms with Gasteiger partial charge in [-0.1, -0.05) is 53.6 Å². The Morgan fingerprint density at radius 1 is 1.03 bits per heavy atom. The summed E-state index contributed by atoms with van der Waals surface area (Å²) in [5.41, 5.74) is 3.44. The molecule has 0 aromatic heterocycles. The van der Waals surface area contributed by atoms with Gasteiger partial charge in [0.25, 0.3) is 10.8 Å². The predicted molar refractivity (Wildman–Crippen MR) is 128 cm³/mol. The van der Waals surface area contributed by atoms with E-state index >= 15 is 0 Å². The summed E-state index contributed by atoms with van der Waals surface area (Å²) in [5, 5.41) is -0.282. The highest BCUT2D eigenvalue weighted by molar-refractivity contribution is 7.94. The Kier molecular flexibility index (Phi) is 5.07. The van der Waals surface area contributed by atoms with E-state index in [1.165, 1.54) is 17.0 Å². The molecule has 5 rings (SSSR count). The summed E-state index contributed by atoms with van der Waals surface area (Å²) >= 11 is 5.95. The maximum atomic E-state index is 14.1. The number of fused-ring (bicyclic) bond motifs is 2. The number of hydrogen-bond donors (Lipinski definition) is 0. The first-order chi connectivity index (χ1) is 16.1. The minimum atomic E-state index is -4.31. The van der Waals surface area contributed by atoms with E-state index in [0.29, 0.717) is 5.69 Å². The third-order valence-electron chi connectivity index (χ3n) is 6.42. The third kappa shape index (κ3) is 3.02. The van der Waals surface area contributed by atoms with Crippen LogP contribution in [0.3, 0.4) is 0 Å². The molecule has 34 heavy (non-hydrogen) atoms. The van der Waals surface area contributed by atoms with Gasteiger partial charge in [0.2, 0.25) is 5.91 Å². The van der Waals surface area contributed by atoms with Crippen LogP contribution in [-0.4, -0.2) is 26.0 Å². The molecule has 0 saturated carbocycles. The van der Waals surface area contributed by atoms with Crippen molar-refractivity contribution in [2.45, 2.75) is 25.3 Å². The summed E-state index contributed by atoms with van der Waals surface area (Å²) in [6.07, 6.45) is 0. The standard InChI is InChI=1S/C25H20ClFN2O4S/c1-15-7-8-16(2)17(11-15)13-28-22-6-4-3-5-19(22)25(24(28)31)29(23(30)14-34(25,32)33)18-9-10-21(27)20(26)12-18/h3-12H,13-14H2,1-2H3. The molecule has 3 aromatic rings. The molecule has 9 heteroatoms. The lowest BCUT2D eigenvalue weighted by Gasteiger charge is -2.32. The molecule has 2 amide bonds. The number of halogens is 2. The highest BCUT2D eigenvalue weighted by atomic mass is 35.5. The molecule has 0 radical (unpaired) electrons. The van der Waals surface area contributed by atoms with Crippen LogP contribution in [0.15, 0.2) is 60.7 Å². The number of nitrogens with zero attached hydrogens (tertiary/aromatic N) is 2. The molecule has 0 N–H and O–H groups in total. The SMILES string of the molecule is Cc1ccc(C)c(CN2C(=O)C3(c4ccccc42)N(c2ccc(F)c(Cl)c2)C(=O)CS3(=O)=O)c1. The highest BCUT2D eigenvalue weighted by Crippen LogP contribution is 2.53. The molecule has 1 unspecified atom stereocenters. The fraction of sp³-hybridized carbons (Fsp3) is 0.200. The summed E-state index contributed by atoms with van der Waals surface area (Å²) in [6.45, 7) is 3.98. The van der Waals surface area contributed by atoms with Crippen molar-refractivity contribution < 1.29 is 22.4 Å². The van der Waals surface area contributed by atoms with Crippen molar-refractivity contribution in [1.29, 1.82) is 0 Å². The van der Waals surface area contributed by atoms with Crippen molar-refractivity contribution in [3.63, 3.8) is 0 Å². The number of para-hydroxylation sites is 1. The zero-order chi connectivity index (χ0) is 24.4. The Labute approximate surface area is 201 Å². The van der Waals surface area contributed by atoms with Gasteiger partial charge in [-0.05, 0) is 49.2 Å². The lowest BCUT2D eigenvalue weighted by Crippen LogP contribution is -2.54. The first-order valence-electron chi connectivity index (χ1n) is 10.6. The molecule has 2 aliphatic heterocycles. The maximum absolute atomic E-state index is 14.1. The van der Waals surface area contributed by atoms with E-state index in [2.05, 4.69) is 0 Å². The number of amides is 2. The van der Waals surface area contributed by atoms with E-state index in [-0.39, 0.29) is 22.8 Å². The van der Waals surface area contributed by atoms with Crippen LogP contribution in [0.25, 0.3) is 0 Å². The van der Waals surface area contributed by atoms with Gasteiger partial charge >= 0.3 is 0 Å². The topological polar surface area (TPSA) is 74.8 Å². The Morgan fingerprint density at radius 3 is 2.50 bits per heavy atom. The second-order valence-electron chi connectivity index (χ2n) is 8.57. The zero-order valence-corrected chi connectivity index (χ0v) is 20.0. The average molecular weight is 499 g/mol. The molecule has 1 atom stereocenters. The Morgan fingerprint density at radius 2 is 1.76 bits per heavy atom. The molecule has 0 bridgehead atoms. The number of carbonyl (C=O) groups is 2. The minimum Gasteiger partial charge on any atom is -0.304 e. The van der Waals surface area contributed by atoms with Gasteiger partial charge in [-0.15, -0.1) is 0 Å². The summed E-state index contributed by atoms with van der Waals surface area (Å²) in [6, 6.07) is 15.9. The summed E-state index contributed by atoms with van der Waals surface area (Å²) in [5.74, 6) is -3.09. The quantitative estimate of drug-likeness (QED) is 0.541. The van der Waals surface area contributed by atoms with Gasteiger partial charge in [-0.3, -0.25) is 14.5 Å². The normalized spacial score (nSPS) is 20.9. The van der Waals surface area contributed by atoms with Crippen molar-refractivity contribution in [3.05, 3.63) is 93.8 Å². The minimum absolute atomic E-state index is 0.0363. The van der Waals surface area contributed by atoms with Crippen LogP contribution >= 0.6 is 11.6 Å². The lowest BCUT2D eigenvalue weighted by atomic mass is 10.0. The Balaban J connectivity index is 1.75. The molecule has 174 valence electrons. The smallest absolute Gasteiger partial charge is 0.274 e. The summed E-state index contributed by atoms with van der Waals surface area (Å²) in [7, 11) is -4.31. The van der Waals surface area contributed by atoms with Crippen LogP contribution in [0.4, 0.5) is 15.8 Å². The second-order valence-corrected chi connectivity index (χ2v) is 11.1. The van der Waals surface area contributed by atoms with Crippen molar-refractivity contribution in [2.24, 2.45) is 0 Å². The van der Waals surface area contributed by atoms with Gasteiger partial charge < -0.3 is 4.90 Å². The predicted octanol–water partition coefficient (Wildman–Crippen LogP) is 4.26. The van der Waals surface area contributed by atoms with Crippen molar-refractivity contribution in [1.82, 2.24) is 0 Å². The second kappa shape index (κ2) is 7.65. The first kappa shape index (κ1) is 22.6. The molecule has 1 fully saturated rings. The number of rotatable bonds is 3. The molecular weight excluding hydrogens is 479 g/mol. The largest absolute Gasteiger partial charge is 0.304 e. The summed E-state index contributed by atoms with van der Waals surface area (Å²) < 4.78 is 41.1. The van der Waals surface area contributed by atoms with Crippen LogP contribution in [0.5, 0.6) is 0 Å². The van der Waals surface area contributed by atoms with Gasteiger partial charge in [0.05, 0.1) is 17.3 Å². The fourth-order valence-electron chi connectivity index (χ4n) is 4.81. The van der Waals surface area contributed by atoms with E-state index in [9.17, 15) is 22.4 Å². The fourth-order valence-corrected chi connectivity index (χ4v) is 7.02. The van der Waals surface area contributed by atoms with Crippen molar-refractivity contribution >= 4 is 44.6 Å². The number of carbonyl (C=O) groups excluding carboxylic acids is 2. The lowest BCUT2D eigenvalue weighted by molar-refractivity contribution is -0.123. The molecular formula is C25H20ClFN2O4S. The van der Waals surface area contributed by atoms with Crippen molar-refractivity contribution in [3.8, 4) is 0 Å². The van der Waals surface area contributed by atoms with Gasteiger partial charge in [0.1, 0.15) is 11.6 Å². The van der Waals surface area contributed by atoms with Crippen LogP contribution in [0.1, 0.15) is 22.3 Å². The number of anilines is 2. The van der Waals surface area contributed by atoms with Crippen LogP contribution in [-0.2, 0) is 30.8 Å². The molecule has 0 aliphatic carbocycles. The van der Waals surface area contributed by atoms with Crippen LogP contribution in [0.2, 0.25) is 5.02 Å². The van der Waals surface area contributed by atoms with Crippen molar-refractivity contribution in [2.75, 3.05) is 15.6 Å². The number of sulfone groups is 1. The highest BCUT2D eigenvalue weighted by Gasteiger charge is 2.69. The molecule has 6 nitrogen and oxygen atoms in total. The van der Waals surface area contributed by atoms with Gasteiger partial charge in [-0.2, -0.15) is 0 Å². The van der Waals surface area contributed by atoms with Crippen LogP contribution < -0.4 is 9.80 Å². The number of aryl methyl sites for hydroxylation is 2. The van der Waals surface area contributed by atoms with E-state index in [0.717, 1.165) is 27.7 Å². The van der Waals surface area contributed by atoms with E-state index in [4.69, 9.17) is 11.6 Å². The molecule has 1 spiro atoms. The maximum Gasteiger partial charge on any atom is 0.274 e.